The van der Waals surface area contributed by atoms with E-state index in [1.54, 1.807) is 17.9 Å². The van der Waals surface area contributed by atoms with Gasteiger partial charge in [0.05, 0.1) is 7.11 Å². The van der Waals surface area contributed by atoms with Crippen molar-refractivity contribution < 1.29 is 9.53 Å². The topological polar surface area (TPSA) is 85.2 Å². The number of carbonyl (C=O) groups excluding carboxylic acids is 1. The van der Waals surface area contributed by atoms with Gasteiger partial charge in [-0.05, 0) is 65.3 Å². The van der Waals surface area contributed by atoms with Gasteiger partial charge in [-0.15, -0.1) is 0 Å². The van der Waals surface area contributed by atoms with E-state index in [9.17, 15) is 9.59 Å². The number of fused-ring (bicyclic) bond motifs is 1. The summed E-state index contributed by atoms with van der Waals surface area (Å²) in [6.07, 6.45) is 4.27. The summed E-state index contributed by atoms with van der Waals surface area (Å²) in [4.78, 5) is 32.1. The Kier molecular flexibility index (Phi) is 8.38. The first kappa shape index (κ1) is 27.9. The van der Waals surface area contributed by atoms with Crippen LogP contribution >= 0.6 is 0 Å². The van der Waals surface area contributed by atoms with Gasteiger partial charge in [0, 0.05) is 29.4 Å². The van der Waals surface area contributed by atoms with Crippen molar-refractivity contribution in [1.29, 1.82) is 0 Å². The van der Waals surface area contributed by atoms with Gasteiger partial charge < -0.3 is 15.4 Å². The molecule has 0 unspecified atom stereocenters. The molecule has 0 fully saturated rings. The number of rotatable bonds is 8. The van der Waals surface area contributed by atoms with Crippen molar-refractivity contribution in [1.82, 2.24) is 9.55 Å². The number of unbranched alkanes of at least 4 members (excludes halogenated alkanes) is 1. The zero-order valence-electron chi connectivity index (χ0n) is 23.7. The van der Waals surface area contributed by atoms with Crippen LogP contribution in [0.4, 0.5) is 16.2 Å². The third-order valence-corrected chi connectivity index (χ3v) is 6.90. The SMILES string of the molecule is CCCCn1c(=O)c(NC(=O)Nc2cc(CC)ccc2C(C)(C)C)c(-c2cccc(OC)c2)c2cccnc21. The van der Waals surface area contributed by atoms with Gasteiger partial charge in [0.1, 0.15) is 17.1 Å². The zero-order chi connectivity index (χ0) is 28.2. The van der Waals surface area contributed by atoms with Gasteiger partial charge >= 0.3 is 6.03 Å². The fraction of sp³-hybridized carbons (Fsp3) is 0.344. The highest BCUT2D eigenvalue weighted by molar-refractivity contribution is 6.07. The number of methoxy groups -OCH3 is 1. The molecule has 39 heavy (non-hydrogen) atoms. The number of urea groups is 1. The van der Waals surface area contributed by atoms with Crippen molar-refractivity contribution in [3.63, 3.8) is 0 Å². The van der Waals surface area contributed by atoms with Crippen LogP contribution < -0.4 is 20.9 Å². The third-order valence-electron chi connectivity index (χ3n) is 6.90. The number of ether oxygens (including phenoxy) is 1. The second-order valence-corrected chi connectivity index (χ2v) is 10.7. The predicted octanol–water partition coefficient (Wildman–Crippen LogP) is 7.38. The molecule has 0 radical (unpaired) electrons. The number of pyridine rings is 2. The Labute approximate surface area is 230 Å². The summed E-state index contributed by atoms with van der Waals surface area (Å²) in [6, 6.07) is 17.0. The van der Waals surface area contributed by atoms with Gasteiger partial charge in [0.25, 0.3) is 5.56 Å². The Hall–Kier alpha value is -4.13. The van der Waals surface area contributed by atoms with Crippen molar-refractivity contribution in [3.05, 3.63) is 82.3 Å². The minimum atomic E-state index is -0.472. The van der Waals surface area contributed by atoms with Crippen LogP contribution in [0, 0.1) is 0 Å². The monoisotopic (exact) mass is 526 g/mol. The van der Waals surface area contributed by atoms with Crippen LogP contribution in [0.1, 0.15) is 58.6 Å². The Morgan fingerprint density at radius 3 is 2.51 bits per heavy atom. The lowest BCUT2D eigenvalue weighted by atomic mass is 9.85. The van der Waals surface area contributed by atoms with E-state index in [0.717, 1.165) is 47.0 Å². The van der Waals surface area contributed by atoms with Crippen molar-refractivity contribution in [3.8, 4) is 16.9 Å². The number of amides is 2. The highest BCUT2D eigenvalue weighted by atomic mass is 16.5. The second-order valence-electron chi connectivity index (χ2n) is 10.7. The molecule has 0 aliphatic carbocycles. The van der Waals surface area contributed by atoms with Crippen LogP contribution in [-0.2, 0) is 18.4 Å². The van der Waals surface area contributed by atoms with Crippen molar-refractivity contribution in [2.45, 2.75) is 65.8 Å². The van der Waals surface area contributed by atoms with E-state index in [1.165, 1.54) is 0 Å². The van der Waals surface area contributed by atoms with Crippen molar-refractivity contribution in [2.75, 3.05) is 17.7 Å². The molecule has 0 saturated heterocycles. The van der Waals surface area contributed by atoms with Crippen LogP contribution in [0.25, 0.3) is 22.2 Å². The molecule has 2 heterocycles. The lowest BCUT2D eigenvalue weighted by Gasteiger charge is -2.24. The molecule has 2 aromatic carbocycles. The van der Waals surface area contributed by atoms with Gasteiger partial charge in [-0.3, -0.25) is 9.36 Å². The maximum atomic E-state index is 14.0. The molecular formula is C32H38N4O3. The molecule has 0 spiro atoms. The van der Waals surface area contributed by atoms with Crippen molar-refractivity contribution in [2.24, 2.45) is 0 Å². The number of benzene rings is 2. The maximum absolute atomic E-state index is 14.0. The summed E-state index contributed by atoms with van der Waals surface area (Å²) in [5.41, 5.74) is 4.57. The van der Waals surface area contributed by atoms with Crippen LogP contribution in [-0.4, -0.2) is 22.7 Å². The molecule has 0 aliphatic rings. The third kappa shape index (κ3) is 5.98. The average Bonchev–Trinajstić information content (AvgIpc) is 2.92. The van der Waals surface area contributed by atoms with E-state index in [2.05, 4.69) is 62.4 Å². The van der Waals surface area contributed by atoms with E-state index < -0.39 is 6.03 Å². The summed E-state index contributed by atoms with van der Waals surface area (Å²) in [5, 5.41) is 6.76. The number of nitrogens with zero attached hydrogens (tertiary/aromatic N) is 2. The first-order chi connectivity index (χ1) is 18.7. The van der Waals surface area contributed by atoms with Crippen molar-refractivity contribution >= 4 is 28.4 Å². The molecule has 0 bridgehead atoms. The lowest BCUT2D eigenvalue weighted by molar-refractivity contribution is 0.262. The molecule has 0 atom stereocenters. The quantitative estimate of drug-likeness (QED) is 0.251. The maximum Gasteiger partial charge on any atom is 0.323 e. The molecular weight excluding hydrogens is 488 g/mol. The Morgan fingerprint density at radius 1 is 1.03 bits per heavy atom. The highest BCUT2D eigenvalue weighted by Crippen LogP contribution is 2.35. The number of anilines is 2. The summed E-state index contributed by atoms with van der Waals surface area (Å²) in [5.74, 6) is 0.654. The van der Waals surface area contributed by atoms with E-state index in [0.29, 0.717) is 23.5 Å². The van der Waals surface area contributed by atoms with Crippen LogP contribution in [0.5, 0.6) is 5.75 Å². The van der Waals surface area contributed by atoms with Gasteiger partial charge in [-0.25, -0.2) is 9.78 Å². The molecule has 7 nitrogen and oxygen atoms in total. The number of aromatic nitrogens is 2. The molecule has 4 rings (SSSR count). The number of carbonyl (C=O) groups is 1. The van der Waals surface area contributed by atoms with Crippen LogP contribution in [0.2, 0.25) is 0 Å². The van der Waals surface area contributed by atoms with Gasteiger partial charge in [-0.1, -0.05) is 65.3 Å². The fourth-order valence-electron chi connectivity index (χ4n) is 4.83. The number of nitrogens with one attached hydrogen (secondary N) is 2. The molecule has 2 amide bonds. The molecule has 204 valence electrons. The fourth-order valence-corrected chi connectivity index (χ4v) is 4.83. The smallest absolute Gasteiger partial charge is 0.323 e. The average molecular weight is 527 g/mol. The largest absolute Gasteiger partial charge is 0.497 e. The summed E-state index contributed by atoms with van der Waals surface area (Å²) >= 11 is 0. The summed E-state index contributed by atoms with van der Waals surface area (Å²) < 4.78 is 7.13. The molecule has 0 aliphatic heterocycles. The normalized spacial score (nSPS) is 11.4. The van der Waals surface area contributed by atoms with E-state index in [4.69, 9.17) is 4.74 Å². The summed E-state index contributed by atoms with van der Waals surface area (Å²) in [6.45, 7) is 11.0. The number of hydrogen-bond donors (Lipinski definition) is 2. The van der Waals surface area contributed by atoms with Crippen LogP contribution in [0.15, 0.2) is 65.6 Å². The van der Waals surface area contributed by atoms with E-state index >= 15 is 0 Å². The first-order valence-corrected chi connectivity index (χ1v) is 13.5. The summed E-state index contributed by atoms with van der Waals surface area (Å²) in [7, 11) is 1.60. The lowest BCUT2D eigenvalue weighted by Crippen LogP contribution is -2.30. The zero-order valence-corrected chi connectivity index (χ0v) is 23.7. The van der Waals surface area contributed by atoms with Gasteiger partial charge in [-0.2, -0.15) is 0 Å². The Morgan fingerprint density at radius 2 is 1.82 bits per heavy atom. The molecule has 4 aromatic rings. The minimum absolute atomic E-state index is 0.178. The Bertz CT molecular complexity index is 1550. The van der Waals surface area contributed by atoms with Gasteiger partial charge in [0.2, 0.25) is 0 Å². The highest BCUT2D eigenvalue weighted by Gasteiger charge is 2.23. The first-order valence-electron chi connectivity index (χ1n) is 13.5. The molecule has 7 heteroatoms. The minimum Gasteiger partial charge on any atom is -0.497 e. The Balaban J connectivity index is 1.88. The molecule has 2 N–H and O–H groups in total. The van der Waals surface area contributed by atoms with Crippen LogP contribution in [0.3, 0.4) is 0 Å². The molecule has 2 aromatic heterocycles. The molecule has 0 saturated carbocycles. The second kappa shape index (κ2) is 11.7. The van der Waals surface area contributed by atoms with Gasteiger partial charge in [0.15, 0.2) is 0 Å². The standard InChI is InChI=1S/C32H38N4O3/c1-7-9-18-36-29-24(14-11-17-33-29)27(22-12-10-13-23(20-22)39-6)28(30(36)37)35-31(38)34-26-19-21(8-2)15-16-25(26)32(3,4)5/h10-17,19-20H,7-9,18H2,1-6H3,(H2,34,35,38). The number of aryl methyl sites for hydroxylation is 2. The number of hydrogen-bond acceptors (Lipinski definition) is 4. The van der Waals surface area contributed by atoms with E-state index in [-0.39, 0.29) is 16.7 Å². The van der Waals surface area contributed by atoms with E-state index in [1.807, 2.05) is 42.5 Å². The predicted molar refractivity (Wildman–Crippen MR) is 160 cm³/mol.